The van der Waals surface area contributed by atoms with Crippen LogP contribution in [0.1, 0.15) is 11.6 Å². The Bertz CT molecular complexity index is 601. The number of thiocarbonyl (C=S) groups is 1. The first-order chi connectivity index (χ1) is 10.6. The van der Waals surface area contributed by atoms with Crippen molar-refractivity contribution in [3.05, 3.63) is 57.9 Å². The molecule has 0 unspecified atom stereocenters. The van der Waals surface area contributed by atoms with Crippen LogP contribution >= 0.6 is 34.8 Å². The maximum absolute atomic E-state index is 5.37. The highest BCUT2D eigenvalue weighted by atomic mass is 127. The normalized spacial score (nSPS) is 12.0. The number of aromatic nitrogens is 1. The molecule has 4 nitrogen and oxygen atoms in total. The second-order valence-electron chi connectivity index (χ2n) is 5.11. The van der Waals surface area contributed by atoms with Crippen molar-refractivity contribution in [2.75, 3.05) is 26.0 Å². The van der Waals surface area contributed by atoms with Crippen molar-refractivity contribution in [3.8, 4) is 0 Å². The molecule has 1 aromatic heterocycles. The van der Waals surface area contributed by atoms with Gasteiger partial charge < -0.3 is 15.5 Å². The van der Waals surface area contributed by atoms with Crippen LogP contribution in [-0.2, 0) is 0 Å². The molecule has 6 heteroatoms. The third-order valence-electron chi connectivity index (χ3n) is 3.25. The van der Waals surface area contributed by atoms with E-state index >= 15 is 0 Å². The van der Waals surface area contributed by atoms with Gasteiger partial charge in [0.1, 0.15) is 0 Å². The molecule has 116 valence electrons. The summed E-state index contributed by atoms with van der Waals surface area (Å²) in [6.45, 7) is 0.717. The lowest BCUT2D eigenvalue weighted by Crippen LogP contribution is -2.36. The molecule has 0 aliphatic rings. The zero-order valence-corrected chi connectivity index (χ0v) is 15.6. The summed E-state index contributed by atoms with van der Waals surface area (Å²) >= 11 is 7.65. The highest BCUT2D eigenvalue weighted by Crippen LogP contribution is 2.16. The van der Waals surface area contributed by atoms with Gasteiger partial charge >= 0.3 is 0 Å². The SMILES string of the molecule is CN(C)[C@H](CNC(=S)Nc1ccc(I)cc1)c1cccnc1. The number of nitrogens with one attached hydrogen (secondary N) is 2. The summed E-state index contributed by atoms with van der Waals surface area (Å²) in [5, 5.41) is 7.09. The average Bonchev–Trinajstić information content (AvgIpc) is 2.50. The van der Waals surface area contributed by atoms with Crippen molar-refractivity contribution >= 4 is 45.6 Å². The summed E-state index contributed by atoms with van der Waals surface area (Å²) in [6, 6.07) is 12.4. The summed E-state index contributed by atoms with van der Waals surface area (Å²) < 4.78 is 1.20. The van der Waals surface area contributed by atoms with Gasteiger partial charge in [0.05, 0.1) is 6.04 Å². The van der Waals surface area contributed by atoms with Gasteiger partial charge in [0, 0.05) is 28.2 Å². The second-order valence-corrected chi connectivity index (χ2v) is 6.76. The summed E-state index contributed by atoms with van der Waals surface area (Å²) in [5.74, 6) is 0. The molecule has 0 radical (unpaired) electrons. The molecule has 0 aliphatic carbocycles. The monoisotopic (exact) mass is 426 g/mol. The summed E-state index contributed by atoms with van der Waals surface area (Å²) in [5.41, 5.74) is 2.15. The Morgan fingerprint density at radius 1 is 1.27 bits per heavy atom. The van der Waals surface area contributed by atoms with Crippen molar-refractivity contribution in [1.82, 2.24) is 15.2 Å². The number of pyridine rings is 1. The highest BCUT2D eigenvalue weighted by Gasteiger charge is 2.14. The third-order valence-corrected chi connectivity index (χ3v) is 4.22. The smallest absolute Gasteiger partial charge is 0.170 e. The van der Waals surface area contributed by atoms with Crippen LogP contribution in [0.5, 0.6) is 0 Å². The van der Waals surface area contributed by atoms with Gasteiger partial charge in [-0.15, -0.1) is 0 Å². The molecule has 0 aliphatic heterocycles. The molecule has 1 atom stereocenters. The van der Waals surface area contributed by atoms with Crippen LogP contribution in [0.25, 0.3) is 0 Å². The van der Waals surface area contributed by atoms with E-state index in [9.17, 15) is 0 Å². The van der Waals surface area contributed by atoms with Crippen LogP contribution in [0.4, 0.5) is 5.69 Å². The predicted molar refractivity (Wildman–Crippen MR) is 104 cm³/mol. The van der Waals surface area contributed by atoms with E-state index < -0.39 is 0 Å². The fraction of sp³-hybridized carbons (Fsp3) is 0.250. The minimum Gasteiger partial charge on any atom is -0.361 e. The largest absolute Gasteiger partial charge is 0.361 e. The number of hydrogen-bond donors (Lipinski definition) is 2. The maximum Gasteiger partial charge on any atom is 0.170 e. The first kappa shape index (κ1) is 17.1. The van der Waals surface area contributed by atoms with Gasteiger partial charge in [-0.25, -0.2) is 0 Å². The standard InChI is InChI=1S/C16H19IN4S/c1-21(2)15(12-4-3-9-18-10-12)11-19-16(22)20-14-7-5-13(17)6-8-14/h3-10,15H,11H2,1-2H3,(H2,19,20,22)/t15-/m1/s1. The lowest BCUT2D eigenvalue weighted by atomic mass is 10.1. The van der Waals surface area contributed by atoms with Crippen molar-refractivity contribution in [2.24, 2.45) is 0 Å². The van der Waals surface area contributed by atoms with Crippen molar-refractivity contribution < 1.29 is 0 Å². The Hall–Kier alpha value is -1.25. The van der Waals surface area contributed by atoms with E-state index in [1.54, 1.807) is 6.20 Å². The van der Waals surface area contributed by atoms with E-state index in [-0.39, 0.29) is 6.04 Å². The Morgan fingerprint density at radius 3 is 2.59 bits per heavy atom. The molecule has 22 heavy (non-hydrogen) atoms. The van der Waals surface area contributed by atoms with Gasteiger partial charge in [0.2, 0.25) is 0 Å². The molecule has 0 saturated heterocycles. The van der Waals surface area contributed by atoms with Crippen molar-refractivity contribution in [2.45, 2.75) is 6.04 Å². The molecular weight excluding hydrogens is 407 g/mol. The molecule has 2 N–H and O–H groups in total. The van der Waals surface area contributed by atoms with Crippen LogP contribution in [-0.4, -0.2) is 35.6 Å². The number of hydrogen-bond acceptors (Lipinski definition) is 3. The summed E-state index contributed by atoms with van der Waals surface area (Å²) in [4.78, 5) is 6.34. The molecule has 0 amide bonds. The van der Waals surface area contributed by atoms with Crippen LogP contribution in [0.3, 0.4) is 0 Å². The molecule has 0 spiro atoms. The van der Waals surface area contributed by atoms with E-state index in [1.807, 2.05) is 36.5 Å². The van der Waals surface area contributed by atoms with E-state index in [2.05, 4.69) is 63.3 Å². The van der Waals surface area contributed by atoms with E-state index in [1.165, 1.54) is 3.57 Å². The van der Waals surface area contributed by atoms with Crippen molar-refractivity contribution in [1.29, 1.82) is 0 Å². The highest BCUT2D eigenvalue weighted by molar-refractivity contribution is 14.1. The lowest BCUT2D eigenvalue weighted by molar-refractivity contribution is 0.298. The van der Waals surface area contributed by atoms with Crippen LogP contribution < -0.4 is 10.6 Å². The zero-order valence-electron chi connectivity index (χ0n) is 12.6. The Balaban J connectivity index is 1.92. The molecule has 2 rings (SSSR count). The average molecular weight is 426 g/mol. The second kappa shape index (κ2) is 8.40. The Kier molecular flexibility index (Phi) is 6.53. The molecule has 2 aromatic rings. The molecule has 0 fully saturated rings. The number of benzene rings is 1. The lowest BCUT2D eigenvalue weighted by Gasteiger charge is -2.25. The molecule has 1 aromatic carbocycles. The molecule has 0 bridgehead atoms. The van der Waals surface area contributed by atoms with Crippen molar-refractivity contribution in [3.63, 3.8) is 0 Å². The number of anilines is 1. The van der Waals surface area contributed by atoms with Gasteiger partial charge in [-0.05, 0) is 84.8 Å². The van der Waals surface area contributed by atoms with Gasteiger partial charge in [0.15, 0.2) is 5.11 Å². The van der Waals surface area contributed by atoms with Crippen LogP contribution in [0, 0.1) is 3.57 Å². The fourth-order valence-electron chi connectivity index (χ4n) is 2.07. The first-order valence-corrected chi connectivity index (χ1v) is 8.41. The summed E-state index contributed by atoms with van der Waals surface area (Å²) in [7, 11) is 4.10. The van der Waals surface area contributed by atoms with Gasteiger partial charge in [-0.3, -0.25) is 4.98 Å². The predicted octanol–water partition coefficient (Wildman–Crippen LogP) is 3.28. The van der Waals surface area contributed by atoms with Gasteiger partial charge in [-0.2, -0.15) is 0 Å². The van der Waals surface area contributed by atoms with E-state index in [0.717, 1.165) is 17.8 Å². The maximum atomic E-state index is 5.37. The molecule has 0 saturated carbocycles. The fourth-order valence-corrected chi connectivity index (χ4v) is 2.63. The van der Waals surface area contributed by atoms with Crippen LogP contribution in [0.2, 0.25) is 0 Å². The van der Waals surface area contributed by atoms with Gasteiger partial charge in [-0.1, -0.05) is 6.07 Å². The Morgan fingerprint density at radius 2 is 2.00 bits per heavy atom. The van der Waals surface area contributed by atoms with Crippen LogP contribution in [0.15, 0.2) is 48.8 Å². The van der Waals surface area contributed by atoms with Gasteiger partial charge in [0.25, 0.3) is 0 Å². The van der Waals surface area contributed by atoms with E-state index in [4.69, 9.17) is 12.2 Å². The number of rotatable bonds is 5. The first-order valence-electron chi connectivity index (χ1n) is 6.93. The van der Waals surface area contributed by atoms with E-state index in [0.29, 0.717) is 5.11 Å². The minimum absolute atomic E-state index is 0.213. The third kappa shape index (κ3) is 5.19. The topological polar surface area (TPSA) is 40.2 Å². The zero-order chi connectivity index (χ0) is 15.9. The number of nitrogens with zero attached hydrogens (tertiary/aromatic N) is 2. The number of likely N-dealkylation sites (N-methyl/N-ethyl adjacent to an activating group) is 1. The quantitative estimate of drug-likeness (QED) is 0.568. The minimum atomic E-state index is 0.213. The number of halogens is 1. The Labute approximate surface area is 150 Å². The summed E-state index contributed by atoms with van der Waals surface area (Å²) in [6.07, 6.45) is 3.68. The molecular formula is C16H19IN4S. The molecule has 1 heterocycles.